The SMILES string of the molecule is O=C([C@H](Cc1ccccc1)N1C(=O)[C@@H]2[C@H]3CC[C@@H](C3)[C@H]2C1=O)N1CCCCC1. The molecule has 5 nitrogen and oxygen atoms in total. The van der Waals surface area contributed by atoms with Gasteiger partial charge in [-0.2, -0.15) is 0 Å². The molecule has 148 valence electrons. The fraction of sp³-hybridized carbons (Fsp3) is 0.609. The van der Waals surface area contributed by atoms with E-state index < -0.39 is 6.04 Å². The largest absolute Gasteiger partial charge is 0.341 e. The molecule has 5 atom stereocenters. The van der Waals surface area contributed by atoms with Crippen molar-refractivity contribution in [1.82, 2.24) is 9.80 Å². The van der Waals surface area contributed by atoms with Gasteiger partial charge in [-0.15, -0.1) is 0 Å². The molecule has 28 heavy (non-hydrogen) atoms. The molecular formula is C23H28N2O3. The number of carbonyl (C=O) groups excluding carboxylic acids is 3. The smallest absolute Gasteiger partial charge is 0.246 e. The maximum Gasteiger partial charge on any atom is 0.246 e. The van der Waals surface area contributed by atoms with Crippen LogP contribution in [0, 0.1) is 23.7 Å². The number of likely N-dealkylation sites (tertiary alicyclic amines) is 2. The molecular weight excluding hydrogens is 352 g/mol. The molecule has 0 radical (unpaired) electrons. The first kappa shape index (κ1) is 17.9. The van der Waals surface area contributed by atoms with Crippen molar-refractivity contribution in [2.75, 3.05) is 13.1 Å². The zero-order chi connectivity index (χ0) is 19.3. The standard InChI is InChI=1S/C23H28N2O3/c26-21(24-11-5-2-6-12-24)18(13-15-7-3-1-4-8-15)25-22(27)19-16-9-10-17(14-16)20(19)23(25)28/h1,3-4,7-8,16-20H,2,5-6,9-14H2/t16-,17-,18-,19+,20+/m0/s1. The second kappa shape index (κ2) is 7.02. The molecule has 5 rings (SSSR count). The highest BCUT2D eigenvalue weighted by molar-refractivity contribution is 6.09. The van der Waals surface area contributed by atoms with Gasteiger partial charge >= 0.3 is 0 Å². The predicted molar refractivity (Wildman–Crippen MR) is 104 cm³/mol. The van der Waals surface area contributed by atoms with Gasteiger partial charge in [0.2, 0.25) is 17.7 Å². The van der Waals surface area contributed by atoms with Crippen LogP contribution in [0.3, 0.4) is 0 Å². The van der Waals surface area contributed by atoms with Crippen LogP contribution >= 0.6 is 0 Å². The van der Waals surface area contributed by atoms with Crippen molar-refractivity contribution < 1.29 is 14.4 Å². The lowest BCUT2D eigenvalue weighted by Gasteiger charge is -2.34. The highest BCUT2D eigenvalue weighted by atomic mass is 16.2. The highest BCUT2D eigenvalue weighted by Gasteiger charge is 2.62. The first-order chi connectivity index (χ1) is 13.6. The summed E-state index contributed by atoms with van der Waals surface area (Å²) < 4.78 is 0. The van der Waals surface area contributed by atoms with Gasteiger partial charge in [-0.1, -0.05) is 30.3 Å². The highest BCUT2D eigenvalue weighted by Crippen LogP contribution is 2.56. The number of amides is 3. The van der Waals surface area contributed by atoms with Crippen LogP contribution in [0.4, 0.5) is 0 Å². The fourth-order valence-electron chi connectivity index (χ4n) is 6.19. The molecule has 5 heteroatoms. The molecule has 4 aliphatic rings. The molecule has 0 spiro atoms. The lowest BCUT2D eigenvalue weighted by Crippen LogP contribution is -2.53. The number of piperidine rings is 1. The molecule has 2 heterocycles. The minimum absolute atomic E-state index is 0.0439. The second-order valence-electron chi connectivity index (χ2n) is 9.02. The minimum Gasteiger partial charge on any atom is -0.341 e. The number of rotatable bonds is 4. The molecule has 0 aromatic heterocycles. The molecule has 2 aliphatic heterocycles. The number of nitrogens with zero attached hydrogens (tertiary/aromatic N) is 2. The van der Waals surface area contributed by atoms with E-state index >= 15 is 0 Å². The third-order valence-electron chi connectivity index (χ3n) is 7.50. The van der Waals surface area contributed by atoms with Gasteiger partial charge < -0.3 is 4.90 Å². The summed E-state index contributed by atoms with van der Waals surface area (Å²) >= 11 is 0. The Hall–Kier alpha value is -2.17. The van der Waals surface area contributed by atoms with Crippen molar-refractivity contribution in [3.63, 3.8) is 0 Å². The van der Waals surface area contributed by atoms with Crippen molar-refractivity contribution >= 4 is 17.7 Å². The Kier molecular flexibility index (Phi) is 4.48. The molecule has 0 N–H and O–H groups in total. The molecule has 2 saturated heterocycles. The van der Waals surface area contributed by atoms with E-state index in [4.69, 9.17) is 0 Å². The summed E-state index contributed by atoms with van der Waals surface area (Å²) in [5.41, 5.74) is 0.999. The topological polar surface area (TPSA) is 57.7 Å². The van der Waals surface area contributed by atoms with Crippen LogP contribution in [-0.4, -0.2) is 46.7 Å². The van der Waals surface area contributed by atoms with Crippen LogP contribution in [-0.2, 0) is 20.8 Å². The molecule has 3 amide bonds. The number of fused-ring (bicyclic) bond motifs is 5. The number of hydrogen-bond acceptors (Lipinski definition) is 3. The first-order valence-corrected chi connectivity index (χ1v) is 10.8. The van der Waals surface area contributed by atoms with E-state index in [-0.39, 0.29) is 29.6 Å². The molecule has 2 saturated carbocycles. The van der Waals surface area contributed by atoms with E-state index in [1.807, 2.05) is 35.2 Å². The molecule has 4 fully saturated rings. The Morgan fingerprint density at radius 3 is 2.14 bits per heavy atom. The van der Waals surface area contributed by atoms with Gasteiger partial charge in [0.25, 0.3) is 0 Å². The first-order valence-electron chi connectivity index (χ1n) is 10.8. The Labute approximate surface area is 166 Å². The summed E-state index contributed by atoms with van der Waals surface area (Å²) in [6.45, 7) is 1.47. The summed E-state index contributed by atoms with van der Waals surface area (Å²) in [6, 6.07) is 9.10. The summed E-state index contributed by atoms with van der Waals surface area (Å²) in [5.74, 6) is 0.162. The Balaban J connectivity index is 1.46. The van der Waals surface area contributed by atoms with Crippen LogP contribution in [0.15, 0.2) is 30.3 Å². The number of hydrogen-bond donors (Lipinski definition) is 0. The van der Waals surface area contributed by atoms with Gasteiger partial charge in [0.05, 0.1) is 11.8 Å². The van der Waals surface area contributed by atoms with Gasteiger partial charge in [0.15, 0.2) is 0 Å². The van der Waals surface area contributed by atoms with E-state index in [1.165, 1.54) is 4.90 Å². The van der Waals surface area contributed by atoms with Gasteiger partial charge in [-0.3, -0.25) is 19.3 Å². The van der Waals surface area contributed by atoms with Crippen LogP contribution in [0.5, 0.6) is 0 Å². The third-order valence-corrected chi connectivity index (χ3v) is 7.50. The normalized spacial score (nSPS) is 32.7. The van der Waals surface area contributed by atoms with Crippen molar-refractivity contribution in [3.8, 4) is 0 Å². The maximum absolute atomic E-state index is 13.5. The average Bonchev–Trinajstić information content (AvgIpc) is 3.41. The van der Waals surface area contributed by atoms with Crippen molar-refractivity contribution in [2.45, 2.75) is 51.0 Å². The maximum atomic E-state index is 13.5. The van der Waals surface area contributed by atoms with E-state index in [1.54, 1.807) is 0 Å². The summed E-state index contributed by atoms with van der Waals surface area (Å²) in [4.78, 5) is 43.4. The Morgan fingerprint density at radius 2 is 1.54 bits per heavy atom. The second-order valence-corrected chi connectivity index (χ2v) is 9.02. The van der Waals surface area contributed by atoms with Crippen LogP contribution in [0.1, 0.15) is 44.1 Å². The zero-order valence-corrected chi connectivity index (χ0v) is 16.3. The predicted octanol–water partition coefficient (Wildman–Crippen LogP) is 2.64. The molecule has 1 aromatic carbocycles. The van der Waals surface area contributed by atoms with Crippen molar-refractivity contribution in [3.05, 3.63) is 35.9 Å². The monoisotopic (exact) mass is 380 g/mol. The van der Waals surface area contributed by atoms with E-state index in [0.717, 1.165) is 57.2 Å². The van der Waals surface area contributed by atoms with Gasteiger partial charge in [-0.25, -0.2) is 0 Å². The van der Waals surface area contributed by atoms with E-state index in [9.17, 15) is 14.4 Å². The van der Waals surface area contributed by atoms with E-state index in [2.05, 4.69) is 0 Å². The average molecular weight is 380 g/mol. The summed E-state index contributed by atoms with van der Waals surface area (Å²) in [6.07, 6.45) is 6.70. The van der Waals surface area contributed by atoms with Gasteiger partial charge in [0.1, 0.15) is 6.04 Å². The lowest BCUT2D eigenvalue weighted by atomic mass is 9.81. The molecule has 2 bridgehead atoms. The van der Waals surface area contributed by atoms with Crippen molar-refractivity contribution in [1.29, 1.82) is 0 Å². The molecule has 0 unspecified atom stereocenters. The fourth-order valence-corrected chi connectivity index (χ4v) is 6.19. The van der Waals surface area contributed by atoms with E-state index in [0.29, 0.717) is 18.3 Å². The molecule has 2 aliphatic carbocycles. The van der Waals surface area contributed by atoms with Crippen LogP contribution < -0.4 is 0 Å². The van der Waals surface area contributed by atoms with Crippen LogP contribution in [0.2, 0.25) is 0 Å². The van der Waals surface area contributed by atoms with Gasteiger partial charge in [0, 0.05) is 19.5 Å². The summed E-state index contributed by atoms with van der Waals surface area (Å²) in [7, 11) is 0. The minimum atomic E-state index is -0.689. The van der Waals surface area contributed by atoms with Crippen LogP contribution in [0.25, 0.3) is 0 Å². The number of benzene rings is 1. The number of carbonyl (C=O) groups is 3. The quantitative estimate of drug-likeness (QED) is 0.755. The zero-order valence-electron chi connectivity index (χ0n) is 16.3. The van der Waals surface area contributed by atoms with Crippen molar-refractivity contribution in [2.24, 2.45) is 23.7 Å². The lowest BCUT2D eigenvalue weighted by molar-refractivity contribution is -0.152. The Bertz CT molecular complexity index is 758. The third kappa shape index (κ3) is 2.78. The Morgan fingerprint density at radius 1 is 0.929 bits per heavy atom. The summed E-state index contributed by atoms with van der Waals surface area (Å²) in [5, 5.41) is 0. The molecule has 1 aromatic rings. The van der Waals surface area contributed by atoms with Gasteiger partial charge in [-0.05, 0) is 55.9 Å². The number of imide groups is 1.